The van der Waals surface area contributed by atoms with Crippen molar-refractivity contribution < 1.29 is 28.0 Å². The van der Waals surface area contributed by atoms with Crippen LogP contribution in [-0.2, 0) is 26.9 Å². The number of amides is 4. The molecule has 1 N–H and O–H groups in total. The molecule has 2 atom stereocenters. The van der Waals surface area contributed by atoms with Crippen LogP contribution < -0.4 is 5.32 Å². The molecule has 7 nitrogen and oxygen atoms in total. The molecule has 14 radical (unpaired) electrons. The third kappa shape index (κ3) is 4.17. The Morgan fingerprint density at radius 1 is 1.00 bits per heavy atom. The SMILES string of the molecule is [B]C(NC(=O)C(F)(F)c1ccc(Cl)cc1)c1ccc2c(c1)CN([C@@]1([B])C(=O)N([B])C(=O)C([B])([B])C1([B])[B])C2=O. The zero-order valence-electron chi connectivity index (χ0n) is 20.0. The van der Waals surface area contributed by atoms with Crippen LogP contribution in [0.4, 0.5) is 8.78 Å². The number of carbonyl (C=O) groups excluding carboxylic acids is 4. The number of imide groups is 1. The van der Waals surface area contributed by atoms with Gasteiger partial charge in [0.05, 0.1) is 36.8 Å². The van der Waals surface area contributed by atoms with Crippen LogP contribution in [0.25, 0.3) is 0 Å². The molecule has 0 saturated carbocycles. The molecule has 0 aromatic heterocycles. The number of nitrogens with zero attached hydrogens (tertiary/aromatic N) is 2. The van der Waals surface area contributed by atoms with Gasteiger partial charge in [0.1, 0.15) is 15.7 Å². The number of benzene rings is 2. The van der Waals surface area contributed by atoms with Gasteiger partial charge < -0.3 is 15.0 Å². The summed E-state index contributed by atoms with van der Waals surface area (Å²) in [5, 5.41) is -3.13. The molecule has 2 aromatic rings. The molecule has 1 unspecified atom stereocenters. The van der Waals surface area contributed by atoms with E-state index in [1.54, 1.807) is 0 Å². The molecule has 0 bridgehead atoms. The molecular formula is C22H11B7ClF2N3O4. The van der Waals surface area contributed by atoms with E-state index in [0.717, 1.165) is 17.0 Å². The third-order valence-corrected chi connectivity index (χ3v) is 7.18. The van der Waals surface area contributed by atoms with E-state index in [1.807, 2.05) is 5.32 Å². The molecule has 2 aliphatic rings. The van der Waals surface area contributed by atoms with Crippen molar-refractivity contribution in [3.05, 3.63) is 69.7 Å². The van der Waals surface area contributed by atoms with Gasteiger partial charge in [-0.15, -0.1) is 0 Å². The van der Waals surface area contributed by atoms with E-state index in [2.05, 4.69) is 0 Å². The molecule has 2 heterocycles. The smallest absolute Gasteiger partial charge is 0.349 e. The van der Waals surface area contributed by atoms with E-state index < -0.39 is 63.5 Å². The minimum absolute atomic E-state index is 0.0114. The predicted octanol–water partition coefficient (Wildman–Crippen LogP) is -0.405. The van der Waals surface area contributed by atoms with Crippen molar-refractivity contribution in [1.29, 1.82) is 0 Å². The molecule has 39 heavy (non-hydrogen) atoms. The van der Waals surface area contributed by atoms with Gasteiger partial charge in [0, 0.05) is 28.6 Å². The van der Waals surface area contributed by atoms with Gasteiger partial charge in [-0.25, -0.2) is 0 Å². The highest BCUT2D eigenvalue weighted by molar-refractivity contribution is 6.68. The van der Waals surface area contributed by atoms with Crippen molar-refractivity contribution in [3.8, 4) is 0 Å². The van der Waals surface area contributed by atoms with E-state index in [1.165, 1.54) is 30.3 Å². The van der Waals surface area contributed by atoms with Crippen LogP contribution in [0.1, 0.15) is 33.0 Å². The number of hydrogen-bond acceptors (Lipinski definition) is 4. The first-order valence-corrected chi connectivity index (χ1v) is 11.5. The van der Waals surface area contributed by atoms with Gasteiger partial charge in [-0.1, -0.05) is 41.1 Å². The molecule has 4 rings (SSSR count). The summed E-state index contributed by atoms with van der Waals surface area (Å²) < 4.78 is 29.3. The lowest BCUT2D eigenvalue weighted by molar-refractivity contribution is -0.149. The van der Waals surface area contributed by atoms with Crippen LogP contribution in [0.2, 0.25) is 15.5 Å². The molecule has 17 heteroatoms. The highest BCUT2D eigenvalue weighted by Gasteiger charge is 2.64. The number of nitrogens with one attached hydrogen (secondary N) is 1. The van der Waals surface area contributed by atoms with Crippen molar-refractivity contribution in [2.75, 3.05) is 0 Å². The molecule has 0 aliphatic carbocycles. The summed E-state index contributed by atoms with van der Waals surface area (Å²) in [6.07, 6.45) is 0. The van der Waals surface area contributed by atoms with E-state index in [0.29, 0.717) is 0 Å². The fourth-order valence-corrected chi connectivity index (χ4v) is 4.53. The van der Waals surface area contributed by atoms with E-state index >= 15 is 0 Å². The lowest BCUT2D eigenvalue weighted by Gasteiger charge is -2.62. The van der Waals surface area contributed by atoms with Crippen LogP contribution >= 0.6 is 11.6 Å². The molecule has 4 amide bonds. The van der Waals surface area contributed by atoms with E-state index in [9.17, 15) is 28.0 Å². The minimum atomic E-state index is -3.94. The lowest BCUT2D eigenvalue weighted by Crippen LogP contribution is -2.75. The summed E-state index contributed by atoms with van der Waals surface area (Å²) in [5.74, 6) is -10.6. The second kappa shape index (κ2) is 9.35. The molecule has 0 spiro atoms. The van der Waals surface area contributed by atoms with E-state index in [-0.39, 0.29) is 26.5 Å². The summed E-state index contributed by atoms with van der Waals surface area (Å²) in [6, 6.07) is 8.31. The normalized spacial score (nSPS) is 22.9. The van der Waals surface area contributed by atoms with Crippen molar-refractivity contribution in [1.82, 2.24) is 15.0 Å². The molecule has 180 valence electrons. The predicted molar refractivity (Wildman–Crippen MR) is 143 cm³/mol. The molecule has 1 fully saturated rings. The maximum Gasteiger partial charge on any atom is 0.349 e. The van der Waals surface area contributed by atoms with Gasteiger partial charge in [-0.3, -0.25) is 19.2 Å². The zero-order chi connectivity index (χ0) is 29.3. The number of halogens is 3. The summed E-state index contributed by atoms with van der Waals surface area (Å²) in [5.41, 5.74) is -2.95. The largest absolute Gasteiger partial charge is 0.352 e. The molecule has 2 aromatic carbocycles. The lowest BCUT2D eigenvalue weighted by atomic mass is 9.21. The van der Waals surface area contributed by atoms with Gasteiger partial charge in [0.15, 0.2) is 0 Å². The highest BCUT2D eigenvalue weighted by atomic mass is 35.5. The van der Waals surface area contributed by atoms with Gasteiger partial charge in [-0.2, -0.15) is 8.78 Å². The van der Waals surface area contributed by atoms with Crippen molar-refractivity contribution in [3.63, 3.8) is 0 Å². The Labute approximate surface area is 237 Å². The Morgan fingerprint density at radius 3 is 2.18 bits per heavy atom. The Hall–Kier alpha value is -2.88. The van der Waals surface area contributed by atoms with Crippen molar-refractivity contribution >= 4 is 90.3 Å². The first-order valence-electron chi connectivity index (χ1n) is 11.1. The molecule has 1 saturated heterocycles. The first kappa shape index (κ1) is 29.1. The Bertz CT molecular complexity index is 1410. The Morgan fingerprint density at radius 2 is 1.59 bits per heavy atom. The molecule has 2 aliphatic heterocycles. The van der Waals surface area contributed by atoms with Gasteiger partial charge >= 0.3 is 5.92 Å². The average Bonchev–Trinajstić information content (AvgIpc) is 3.22. The standard InChI is InChI=1S/C22H11B7ClF2N3O4/c23-14(33-16(37)19(31,32)11-2-4-12(30)5-3-11)9-1-6-13-10(7-9)8-34(15(13)36)21(26)18(39)35(29)17(38)20(24,25)22(21,27)28/h1-7,14H,8H2,(H,33,37)/t14?,21-/m0/s1. The topological polar surface area (TPSA) is 86.8 Å². The summed E-state index contributed by atoms with van der Waals surface area (Å²) in [6.45, 7) is -0.417. The van der Waals surface area contributed by atoms with Crippen LogP contribution in [0, 0.1) is 0 Å². The van der Waals surface area contributed by atoms with Gasteiger partial charge in [0.2, 0.25) is 19.8 Å². The first-order chi connectivity index (χ1) is 17.9. The zero-order valence-corrected chi connectivity index (χ0v) is 20.8. The summed E-state index contributed by atoms with van der Waals surface area (Å²) in [7, 11) is 41.4. The average molecular weight is 530 g/mol. The Balaban J connectivity index is 1.60. The second-order valence-corrected chi connectivity index (χ2v) is 9.76. The van der Waals surface area contributed by atoms with E-state index in [4.69, 9.17) is 66.7 Å². The minimum Gasteiger partial charge on any atom is -0.352 e. The maximum absolute atomic E-state index is 14.7. The van der Waals surface area contributed by atoms with Crippen molar-refractivity contribution in [2.24, 2.45) is 0 Å². The summed E-state index contributed by atoms with van der Waals surface area (Å²) >= 11 is 5.71. The number of fused-ring (bicyclic) bond motifs is 1. The quantitative estimate of drug-likeness (QED) is 0.421. The van der Waals surface area contributed by atoms with Gasteiger partial charge in [0.25, 0.3) is 11.8 Å². The second-order valence-electron chi connectivity index (χ2n) is 9.33. The maximum atomic E-state index is 14.7. The highest BCUT2D eigenvalue weighted by Crippen LogP contribution is 2.56. The fourth-order valence-electron chi connectivity index (χ4n) is 4.41. The number of alkyl halides is 2. The fraction of sp³-hybridized carbons (Fsp3) is 0.273. The van der Waals surface area contributed by atoms with Crippen LogP contribution in [0.5, 0.6) is 0 Å². The van der Waals surface area contributed by atoms with Crippen LogP contribution in [-0.4, -0.2) is 93.8 Å². The van der Waals surface area contributed by atoms with Crippen LogP contribution in [0.3, 0.4) is 0 Å². The monoisotopic (exact) mass is 531 g/mol. The van der Waals surface area contributed by atoms with Crippen LogP contribution in [0.15, 0.2) is 42.5 Å². The van der Waals surface area contributed by atoms with Crippen molar-refractivity contribution in [2.45, 2.75) is 34.3 Å². The van der Waals surface area contributed by atoms with Gasteiger partial charge in [-0.05, 0) is 34.5 Å². The number of carbonyl (C=O) groups is 4. The summed E-state index contributed by atoms with van der Waals surface area (Å²) in [4.78, 5) is 51.8. The third-order valence-electron chi connectivity index (χ3n) is 6.93. The number of hydrogen-bond donors (Lipinski definition) is 1. The number of rotatable bonds is 5. The number of piperidine rings is 1. The molecular weight excluding hydrogens is 519 g/mol. The Kier molecular flexibility index (Phi) is 6.98.